The smallest absolute Gasteiger partial charge is 0.173 e. The highest BCUT2D eigenvalue weighted by Crippen LogP contribution is 2.36. The second-order valence-corrected chi connectivity index (χ2v) is 5.44. The zero-order valence-electron chi connectivity index (χ0n) is 11.0. The Morgan fingerprint density at radius 2 is 1.83 bits per heavy atom. The van der Waals surface area contributed by atoms with Gasteiger partial charge in [0.15, 0.2) is 5.79 Å². The van der Waals surface area contributed by atoms with Gasteiger partial charge in [0, 0.05) is 12.8 Å². The molecule has 3 nitrogen and oxygen atoms in total. The van der Waals surface area contributed by atoms with Gasteiger partial charge in [-0.3, -0.25) is 0 Å². The molecular formula is C15H19NO2. The van der Waals surface area contributed by atoms with Crippen LogP contribution in [-0.4, -0.2) is 19.0 Å². The Labute approximate surface area is 108 Å². The summed E-state index contributed by atoms with van der Waals surface area (Å²) in [4.78, 5) is 0. The van der Waals surface area contributed by atoms with E-state index in [1.165, 1.54) is 5.56 Å². The van der Waals surface area contributed by atoms with Crippen LogP contribution in [0.15, 0.2) is 30.3 Å². The topological polar surface area (TPSA) is 42.2 Å². The number of hydrogen-bond donors (Lipinski definition) is 0. The van der Waals surface area contributed by atoms with E-state index in [4.69, 9.17) is 9.47 Å². The molecule has 1 aliphatic heterocycles. The van der Waals surface area contributed by atoms with Crippen LogP contribution in [0.5, 0.6) is 0 Å². The van der Waals surface area contributed by atoms with Gasteiger partial charge in [-0.05, 0) is 19.4 Å². The predicted octanol–water partition coefficient (Wildman–Crippen LogP) is 2.91. The molecule has 1 fully saturated rings. The summed E-state index contributed by atoms with van der Waals surface area (Å²) in [6.45, 7) is 5.05. The van der Waals surface area contributed by atoms with Gasteiger partial charge in [0.25, 0.3) is 0 Å². The van der Waals surface area contributed by atoms with Gasteiger partial charge >= 0.3 is 0 Å². The average Bonchev–Trinajstić information content (AvgIpc) is 2.78. The Kier molecular flexibility index (Phi) is 3.70. The summed E-state index contributed by atoms with van der Waals surface area (Å²) in [6, 6.07) is 12.4. The zero-order chi connectivity index (χ0) is 13.1. The van der Waals surface area contributed by atoms with E-state index >= 15 is 0 Å². The van der Waals surface area contributed by atoms with Crippen molar-refractivity contribution >= 4 is 0 Å². The molecule has 3 heteroatoms. The zero-order valence-corrected chi connectivity index (χ0v) is 11.0. The van der Waals surface area contributed by atoms with E-state index in [2.05, 4.69) is 18.2 Å². The minimum atomic E-state index is -0.638. The summed E-state index contributed by atoms with van der Waals surface area (Å²) in [6.07, 6.45) is 1.28. The maximum absolute atomic E-state index is 9.17. The van der Waals surface area contributed by atoms with Crippen molar-refractivity contribution in [1.29, 1.82) is 5.26 Å². The number of nitriles is 1. The van der Waals surface area contributed by atoms with Crippen molar-refractivity contribution < 1.29 is 9.47 Å². The fraction of sp³-hybridized carbons (Fsp3) is 0.533. The van der Waals surface area contributed by atoms with Gasteiger partial charge in [-0.25, -0.2) is 0 Å². The second kappa shape index (κ2) is 5.09. The van der Waals surface area contributed by atoms with Gasteiger partial charge < -0.3 is 9.47 Å². The molecule has 2 rings (SSSR count). The van der Waals surface area contributed by atoms with Crippen LogP contribution >= 0.6 is 0 Å². The molecule has 0 spiro atoms. The monoisotopic (exact) mass is 245 g/mol. The lowest BCUT2D eigenvalue weighted by atomic mass is 9.84. The molecule has 1 aliphatic rings. The Morgan fingerprint density at radius 1 is 1.22 bits per heavy atom. The first-order valence-electron chi connectivity index (χ1n) is 6.28. The number of nitrogens with zero attached hydrogens (tertiary/aromatic N) is 1. The van der Waals surface area contributed by atoms with Crippen LogP contribution < -0.4 is 0 Å². The fourth-order valence-corrected chi connectivity index (χ4v) is 2.38. The van der Waals surface area contributed by atoms with Crippen LogP contribution in [0, 0.1) is 16.7 Å². The van der Waals surface area contributed by atoms with Crippen molar-refractivity contribution in [1.82, 2.24) is 0 Å². The van der Waals surface area contributed by atoms with Gasteiger partial charge in [-0.1, -0.05) is 30.3 Å². The third-order valence-corrected chi connectivity index (χ3v) is 3.14. The fourth-order valence-electron chi connectivity index (χ4n) is 2.38. The van der Waals surface area contributed by atoms with Crippen molar-refractivity contribution in [3.05, 3.63) is 35.9 Å². The molecule has 0 radical (unpaired) electrons. The predicted molar refractivity (Wildman–Crippen MR) is 68.8 cm³/mol. The quantitative estimate of drug-likeness (QED) is 0.819. The Bertz CT molecular complexity index is 428. The standard InChI is InChI=1S/C15H19NO2/c1-14(2,12-16)11-15(17-8-9-18-15)10-13-6-4-3-5-7-13/h3-7H,8-11H2,1-2H3. The number of rotatable bonds is 4. The van der Waals surface area contributed by atoms with E-state index in [-0.39, 0.29) is 0 Å². The van der Waals surface area contributed by atoms with Crippen molar-refractivity contribution in [3.63, 3.8) is 0 Å². The van der Waals surface area contributed by atoms with Gasteiger partial charge in [-0.15, -0.1) is 0 Å². The van der Waals surface area contributed by atoms with Gasteiger partial charge in [0.05, 0.1) is 24.7 Å². The van der Waals surface area contributed by atoms with E-state index in [9.17, 15) is 5.26 Å². The minimum absolute atomic E-state index is 0.445. The number of hydrogen-bond acceptors (Lipinski definition) is 3. The maximum Gasteiger partial charge on any atom is 0.173 e. The summed E-state index contributed by atoms with van der Waals surface area (Å²) in [5, 5.41) is 9.17. The number of ether oxygens (including phenoxy) is 2. The first kappa shape index (κ1) is 13.1. The summed E-state index contributed by atoms with van der Waals surface area (Å²) >= 11 is 0. The van der Waals surface area contributed by atoms with Crippen LogP contribution in [-0.2, 0) is 15.9 Å². The molecule has 0 aliphatic carbocycles. The largest absolute Gasteiger partial charge is 0.347 e. The van der Waals surface area contributed by atoms with E-state index < -0.39 is 11.2 Å². The van der Waals surface area contributed by atoms with Crippen LogP contribution in [0.2, 0.25) is 0 Å². The third kappa shape index (κ3) is 3.10. The number of benzene rings is 1. The Balaban J connectivity index is 2.15. The SMILES string of the molecule is CC(C)(C#N)CC1(Cc2ccccc2)OCCO1. The van der Waals surface area contributed by atoms with Gasteiger partial charge in [0.2, 0.25) is 0 Å². The van der Waals surface area contributed by atoms with Crippen molar-refractivity contribution in [2.24, 2.45) is 5.41 Å². The molecule has 1 saturated heterocycles. The molecule has 0 unspecified atom stereocenters. The normalized spacial score (nSPS) is 18.5. The molecule has 0 bridgehead atoms. The molecule has 18 heavy (non-hydrogen) atoms. The lowest BCUT2D eigenvalue weighted by molar-refractivity contribution is -0.172. The molecular weight excluding hydrogens is 226 g/mol. The highest BCUT2D eigenvalue weighted by Gasteiger charge is 2.41. The van der Waals surface area contributed by atoms with E-state index in [1.807, 2.05) is 32.0 Å². The van der Waals surface area contributed by atoms with E-state index in [0.29, 0.717) is 26.1 Å². The minimum Gasteiger partial charge on any atom is -0.347 e. The highest BCUT2D eigenvalue weighted by atomic mass is 16.7. The summed E-state index contributed by atoms with van der Waals surface area (Å²) in [5.74, 6) is -0.638. The molecule has 1 aromatic rings. The highest BCUT2D eigenvalue weighted by molar-refractivity contribution is 5.17. The third-order valence-electron chi connectivity index (χ3n) is 3.14. The Hall–Kier alpha value is -1.37. The van der Waals surface area contributed by atoms with Crippen LogP contribution in [0.4, 0.5) is 0 Å². The molecule has 1 heterocycles. The van der Waals surface area contributed by atoms with Crippen molar-refractivity contribution in [2.45, 2.75) is 32.5 Å². The summed E-state index contributed by atoms with van der Waals surface area (Å²) < 4.78 is 11.6. The molecule has 0 amide bonds. The Morgan fingerprint density at radius 3 is 2.39 bits per heavy atom. The summed E-state index contributed by atoms with van der Waals surface area (Å²) in [7, 11) is 0. The van der Waals surface area contributed by atoms with Crippen LogP contribution in [0.3, 0.4) is 0 Å². The molecule has 0 aromatic heterocycles. The van der Waals surface area contributed by atoms with Crippen LogP contribution in [0.25, 0.3) is 0 Å². The van der Waals surface area contributed by atoms with Crippen molar-refractivity contribution in [3.8, 4) is 6.07 Å². The maximum atomic E-state index is 9.17. The molecule has 0 saturated carbocycles. The molecule has 0 N–H and O–H groups in total. The van der Waals surface area contributed by atoms with Crippen molar-refractivity contribution in [2.75, 3.05) is 13.2 Å². The molecule has 1 aromatic carbocycles. The van der Waals surface area contributed by atoms with Gasteiger partial charge in [-0.2, -0.15) is 5.26 Å². The lowest BCUT2D eigenvalue weighted by Crippen LogP contribution is -2.37. The van der Waals surface area contributed by atoms with E-state index in [1.54, 1.807) is 0 Å². The summed E-state index contributed by atoms with van der Waals surface area (Å²) in [5.41, 5.74) is 0.729. The van der Waals surface area contributed by atoms with Gasteiger partial charge in [0.1, 0.15) is 0 Å². The first-order chi connectivity index (χ1) is 8.55. The first-order valence-corrected chi connectivity index (χ1v) is 6.28. The van der Waals surface area contributed by atoms with Crippen LogP contribution in [0.1, 0.15) is 25.8 Å². The van der Waals surface area contributed by atoms with E-state index in [0.717, 1.165) is 0 Å². The average molecular weight is 245 g/mol. The second-order valence-electron chi connectivity index (χ2n) is 5.44. The molecule has 96 valence electrons. The lowest BCUT2D eigenvalue weighted by Gasteiger charge is -2.32. The molecule has 0 atom stereocenters.